The summed E-state index contributed by atoms with van der Waals surface area (Å²) in [5.74, 6) is 0.336. The molecule has 1 aliphatic heterocycles. The van der Waals surface area contributed by atoms with Crippen LogP contribution in [0.1, 0.15) is 19.8 Å². The molecule has 0 saturated carbocycles. The Morgan fingerprint density at radius 3 is 2.33 bits per heavy atom. The number of nitrogens with zero attached hydrogens (tertiary/aromatic N) is 1. The third-order valence-corrected chi connectivity index (χ3v) is 6.84. The van der Waals surface area contributed by atoms with E-state index in [9.17, 15) is 13.2 Å². The van der Waals surface area contributed by atoms with Crippen LogP contribution in [0.5, 0.6) is 0 Å². The number of benzene rings is 2. The Kier molecular flexibility index (Phi) is 7.22. The molecule has 27 heavy (non-hydrogen) atoms. The second-order valence-corrected chi connectivity index (χ2v) is 8.65. The zero-order valence-corrected chi connectivity index (χ0v) is 17.2. The van der Waals surface area contributed by atoms with Gasteiger partial charge in [-0.25, -0.2) is 8.42 Å². The normalized spacial score (nSPS) is 16.1. The Morgan fingerprint density at radius 1 is 1.11 bits per heavy atom. The molecular formula is C19H26ClN3O3S. The minimum absolute atomic E-state index is 0. The lowest BCUT2D eigenvalue weighted by Gasteiger charge is -2.31. The van der Waals surface area contributed by atoms with E-state index in [2.05, 4.69) is 10.6 Å². The summed E-state index contributed by atoms with van der Waals surface area (Å²) in [7, 11) is -1.65. The molecule has 0 unspecified atom stereocenters. The minimum Gasteiger partial charge on any atom is -0.326 e. The third-order valence-electron chi connectivity index (χ3n) is 4.88. The lowest BCUT2D eigenvalue weighted by molar-refractivity contribution is -0.114. The van der Waals surface area contributed by atoms with Gasteiger partial charge >= 0.3 is 0 Å². The molecule has 8 heteroatoms. The van der Waals surface area contributed by atoms with Crippen molar-refractivity contribution in [2.45, 2.75) is 24.7 Å². The quantitative estimate of drug-likeness (QED) is 0.792. The Labute approximate surface area is 166 Å². The number of nitrogens with one attached hydrogen (secondary N) is 2. The summed E-state index contributed by atoms with van der Waals surface area (Å²) in [6, 6.07) is 10.6. The fourth-order valence-corrected chi connectivity index (χ4v) is 5.24. The Balaban J connectivity index is 0.00000261. The average molecular weight is 412 g/mol. The van der Waals surface area contributed by atoms with Gasteiger partial charge in [-0.1, -0.05) is 24.3 Å². The van der Waals surface area contributed by atoms with Crippen LogP contribution in [0.2, 0.25) is 0 Å². The fourth-order valence-electron chi connectivity index (χ4n) is 3.58. The topological polar surface area (TPSA) is 78.5 Å². The first-order valence-corrected chi connectivity index (χ1v) is 10.3. The zero-order chi connectivity index (χ0) is 18.7. The number of rotatable bonds is 5. The highest BCUT2D eigenvalue weighted by Crippen LogP contribution is 2.32. The van der Waals surface area contributed by atoms with E-state index in [1.807, 2.05) is 25.2 Å². The Hall–Kier alpha value is -1.67. The smallest absolute Gasteiger partial charge is 0.243 e. The third kappa shape index (κ3) is 4.60. The van der Waals surface area contributed by atoms with Crippen LogP contribution in [0.4, 0.5) is 5.69 Å². The summed E-state index contributed by atoms with van der Waals surface area (Å²) in [4.78, 5) is 11.7. The molecule has 1 aliphatic rings. The summed E-state index contributed by atoms with van der Waals surface area (Å²) in [5.41, 5.74) is 0.625. The van der Waals surface area contributed by atoms with E-state index >= 15 is 0 Å². The second kappa shape index (κ2) is 9.01. The van der Waals surface area contributed by atoms with E-state index in [1.165, 1.54) is 6.92 Å². The van der Waals surface area contributed by atoms with Gasteiger partial charge in [-0.2, -0.15) is 4.31 Å². The van der Waals surface area contributed by atoms with E-state index in [-0.39, 0.29) is 18.3 Å². The van der Waals surface area contributed by atoms with Crippen molar-refractivity contribution in [2.75, 3.05) is 32.0 Å². The number of hydrogen-bond acceptors (Lipinski definition) is 4. The molecule has 1 saturated heterocycles. The molecule has 1 amide bonds. The highest BCUT2D eigenvalue weighted by atomic mass is 35.5. The second-order valence-electron chi connectivity index (χ2n) is 6.74. The molecule has 0 radical (unpaired) electrons. The number of amides is 1. The van der Waals surface area contributed by atoms with Crippen molar-refractivity contribution in [1.82, 2.24) is 9.62 Å². The van der Waals surface area contributed by atoms with E-state index in [4.69, 9.17) is 0 Å². The van der Waals surface area contributed by atoms with Crippen molar-refractivity contribution in [1.29, 1.82) is 0 Å². The van der Waals surface area contributed by atoms with Crippen LogP contribution in [0.3, 0.4) is 0 Å². The molecule has 2 aromatic rings. The number of halogens is 1. The lowest BCUT2D eigenvalue weighted by Crippen LogP contribution is -2.40. The van der Waals surface area contributed by atoms with Crippen molar-refractivity contribution in [3.05, 3.63) is 36.4 Å². The van der Waals surface area contributed by atoms with Gasteiger partial charge < -0.3 is 10.6 Å². The van der Waals surface area contributed by atoms with Gasteiger partial charge in [0.25, 0.3) is 0 Å². The lowest BCUT2D eigenvalue weighted by atomic mass is 9.98. The van der Waals surface area contributed by atoms with Gasteiger partial charge in [-0.05, 0) is 44.5 Å². The van der Waals surface area contributed by atoms with Crippen LogP contribution in [-0.4, -0.2) is 45.3 Å². The zero-order valence-electron chi connectivity index (χ0n) is 15.6. The van der Waals surface area contributed by atoms with Crippen LogP contribution < -0.4 is 10.6 Å². The van der Waals surface area contributed by atoms with Gasteiger partial charge in [0.05, 0.1) is 4.90 Å². The number of fused-ring (bicyclic) bond motifs is 1. The minimum atomic E-state index is -3.57. The molecular weight excluding hydrogens is 386 g/mol. The SMILES string of the molecule is CNCC1CCN(S(=O)(=O)c2ccc(NC(C)=O)c3ccccc23)CC1.Cl. The average Bonchev–Trinajstić information content (AvgIpc) is 2.62. The number of carbonyl (C=O) groups excluding carboxylic acids is 1. The predicted octanol–water partition coefficient (Wildman–Crippen LogP) is 2.84. The first-order chi connectivity index (χ1) is 12.4. The number of sulfonamides is 1. The van der Waals surface area contributed by atoms with Gasteiger partial charge in [0.1, 0.15) is 0 Å². The Bertz CT molecular complexity index is 910. The van der Waals surface area contributed by atoms with Crippen LogP contribution in [0, 0.1) is 5.92 Å². The molecule has 3 rings (SSSR count). The summed E-state index contributed by atoms with van der Waals surface area (Å²) < 4.78 is 28.0. The van der Waals surface area contributed by atoms with Crippen LogP contribution in [-0.2, 0) is 14.8 Å². The van der Waals surface area contributed by atoms with Crippen molar-refractivity contribution in [2.24, 2.45) is 5.92 Å². The molecule has 1 fully saturated rings. The van der Waals surface area contributed by atoms with Crippen LogP contribution in [0.25, 0.3) is 10.8 Å². The molecule has 1 heterocycles. The molecule has 6 nitrogen and oxygen atoms in total. The largest absolute Gasteiger partial charge is 0.326 e. The number of piperidine rings is 1. The van der Waals surface area contributed by atoms with Gasteiger partial charge in [0.2, 0.25) is 15.9 Å². The molecule has 0 spiro atoms. The maximum Gasteiger partial charge on any atom is 0.243 e. The van der Waals surface area contributed by atoms with E-state index in [1.54, 1.807) is 22.5 Å². The molecule has 0 bridgehead atoms. The maximum atomic E-state index is 13.2. The molecule has 148 valence electrons. The first kappa shape index (κ1) is 21.6. The molecule has 0 aromatic heterocycles. The molecule has 0 atom stereocenters. The summed E-state index contributed by atoms with van der Waals surface area (Å²) in [5, 5.41) is 7.30. The molecule has 2 N–H and O–H groups in total. The van der Waals surface area contributed by atoms with Crippen LogP contribution in [0.15, 0.2) is 41.3 Å². The van der Waals surface area contributed by atoms with Gasteiger partial charge in [0, 0.05) is 36.5 Å². The predicted molar refractivity (Wildman–Crippen MR) is 111 cm³/mol. The van der Waals surface area contributed by atoms with Gasteiger partial charge in [-0.3, -0.25) is 4.79 Å². The summed E-state index contributed by atoms with van der Waals surface area (Å²) in [6.45, 7) is 3.43. The molecule has 0 aliphatic carbocycles. The highest BCUT2D eigenvalue weighted by molar-refractivity contribution is 7.89. The van der Waals surface area contributed by atoms with E-state index in [0.717, 1.165) is 24.8 Å². The fraction of sp³-hybridized carbons (Fsp3) is 0.421. The maximum absolute atomic E-state index is 13.2. The highest BCUT2D eigenvalue weighted by Gasteiger charge is 2.30. The number of hydrogen-bond donors (Lipinski definition) is 2. The van der Waals surface area contributed by atoms with Crippen molar-refractivity contribution < 1.29 is 13.2 Å². The standard InChI is InChI=1S/C19H25N3O3S.ClH/c1-14(23)21-18-7-8-19(17-6-4-3-5-16(17)18)26(24,25)22-11-9-15(10-12-22)13-20-2;/h3-8,15,20H,9-13H2,1-2H3,(H,21,23);1H. The Morgan fingerprint density at radius 2 is 1.74 bits per heavy atom. The monoisotopic (exact) mass is 411 g/mol. The van der Waals surface area contributed by atoms with Crippen molar-refractivity contribution in [3.8, 4) is 0 Å². The van der Waals surface area contributed by atoms with E-state index in [0.29, 0.717) is 35.0 Å². The van der Waals surface area contributed by atoms with Crippen molar-refractivity contribution in [3.63, 3.8) is 0 Å². The summed E-state index contributed by atoms with van der Waals surface area (Å²) in [6.07, 6.45) is 1.73. The number of anilines is 1. The van der Waals surface area contributed by atoms with Crippen LogP contribution >= 0.6 is 12.4 Å². The number of carbonyl (C=O) groups is 1. The first-order valence-electron chi connectivity index (χ1n) is 8.87. The van der Waals surface area contributed by atoms with E-state index < -0.39 is 10.0 Å². The summed E-state index contributed by atoms with van der Waals surface area (Å²) >= 11 is 0. The van der Waals surface area contributed by atoms with Crippen molar-refractivity contribution >= 4 is 44.8 Å². The van der Waals surface area contributed by atoms with Gasteiger partial charge in [0.15, 0.2) is 0 Å². The molecule has 2 aromatic carbocycles. The van der Waals surface area contributed by atoms with Gasteiger partial charge in [-0.15, -0.1) is 12.4 Å².